The summed E-state index contributed by atoms with van der Waals surface area (Å²) in [4.78, 5) is 29.0. The molecule has 1 aromatic heterocycles. The predicted octanol–water partition coefficient (Wildman–Crippen LogP) is 1.85. The highest BCUT2D eigenvalue weighted by Crippen LogP contribution is 2.26. The molecule has 3 heterocycles. The van der Waals surface area contributed by atoms with Crippen LogP contribution in [0.15, 0.2) is 11.4 Å². The van der Waals surface area contributed by atoms with Crippen LogP contribution in [-0.4, -0.2) is 52.5 Å². The Bertz CT molecular complexity index is 563. The molecule has 1 fully saturated rings. The van der Waals surface area contributed by atoms with Crippen LogP contribution in [0.1, 0.15) is 23.8 Å². The number of fused-ring (bicyclic) bond motifs is 1. The van der Waals surface area contributed by atoms with E-state index < -0.39 is 5.97 Å². The molecule has 1 amide bonds. The van der Waals surface area contributed by atoms with Crippen molar-refractivity contribution in [3.05, 3.63) is 21.9 Å². The first-order valence-electron chi connectivity index (χ1n) is 7.37. The minimum atomic E-state index is -0.752. The lowest BCUT2D eigenvalue weighted by Gasteiger charge is -2.32. The van der Waals surface area contributed by atoms with E-state index in [1.165, 1.54) is 10.4 Å². The number of nitrogens with zero attached hydrogens (tertiary/aromatic N) is 2. The molecule has 0 saturated carbocycles. The van der Waals surface area contributed by atoms with Gasteiger partial charge >= 0.3 is 5.97 Å². The van der Waals surface area contributed by atoms with Crippen LogP contribution >= 0.6 is 23.7 Å². The van der Waals surface area contributed by atoms with Crippen LogP contribution in [0.4, 0.5) is 0 Å². The summed E-state index contributed by atoms with van der Waals surface area (Å²) in [6.07, 6.45) is 1.57. The second-order valence-corrected chi connectivity index (χ2v) is 6.87. The fourth-order valence-electron chi connectivity index (χ4n) is 3.20. The van der Waals surface area contributed by atoms with Crippen LogP contribution in [0.5, 0.6) is 0 Å². The van der Waals surface area contributed by atoms with E-state index in [0.29, 0.717) is 26.1 Å². The molecule has 7 heteroatoms. The van der Waals surface area contributed by atoms with E-state index in [1.807, 2.05) is 16.7 Å². The third-order valence-electron chi connectivity index (χ3n) is 4.59. The first kappa shape index (κ1) is 17.2. The molecule has 2 aliphatic heterocycles. The Morgan fingerprint density at radius 1 is 1.41 bits per heavy atom. The number of carboxylic acid groups (broad SMARTS) is 1. The summed E-state index contributed by atoms with van der Waals surface area (Å²) in [6, 6.07) is 1.87. The number of rotatable bonds is 3. The van der Waals surface area contributed by atoms with Gasteiger partial charge in [-0.3, -0.25) is 14.5 Å². The molecule has 0 bridgehead atoms. The van der Waals surface area contributed by atoms with Crippen molar-refractivity contribution in [2.24, 2.45) is 5.92 Å². The Morgan fingerprint density at radius 2 is 2.18 bits per heavy atom. The van der Waals surface area contributed by atoms with E-state index in [2.05, 4.69) is 11.4 Å². The van der Waals surface area contributed by atoms with Crippen molar-refractivity contribution in [3.8, 4) is 0 Å². The Balaban J connectivity index is 0.00000176. The van der Waals surface area contributed by atoms with Crippen LogP contribution in [0.3, 0.4) is 0 Å². The Morgan fingerprint density at radius 3 is 2.86 bits per heavy atom. The zero-order valence-corrected chi connectivity index (χ0v) is 14.2. The first-order chi connectivity index (χ1) is 10.1. The van der Waals surface area contributed by atoms with Crippen molar-refractivity contribution in [1.82, 2.24) is 9.80 Å². The number of carboxylic acids is 1. The van der Waals surface area contributed by atoms with Crippen molar-refractivity contribution < 1.29 is 14.7 Å². The summed E-state index contributed by atoms with van der Waals surface area (Å²) < 4.78 is 0. The predicted molar refractivity (Wildman–Crippen MR) is 87.5 cm³/mol. The zero-order chi connectivity index (χ0) is 15.0. The molecular formula is C15H21ClN2O3S. The molecule has 0 aromatic carbocycles. The monoisotopic (exact) mass is 344 g/mol. The lowest BCUT2D eigenvalue weighted by atomic mass is 10.1. The standard InChI is InChI=1S/C15H20N2O3S.ClH/c1-10(16-5-2-12(9-16)15(19)20)14(18)17-6-3-13-11(8-17)4-7-21-13;/h4,7,10,12H,2-3,5-6,8-9H2,1H3,(H,19,20);1H. The number of thiophene rings is 1. The number of likely N-dealkylation sites (tertiary alicyclic amines) is 1. The third-order valence-corrected chi connectivity index (χ3v) is 5.62. The van der Waals surface area contributed by atoms with Gasteiger partial charge in [0.1, 0.15) is 0 Å². The number of hydrogen-bond donors (Lipinski definition) is 1. The summed E-state index contributed by atoms with van der Waals surface area (Å²) in [5.74, 6) is -0.957. The number of hydrogen-bond acceptors (Lipinski definition) is 4. The summed E-state index contributed by atoms with van der Waals surface area (Å²) in [5.41, 5.74) is 1.26. The van der Waals surface area contributed by atoms with E-state index >= 15 is 0 Å². The number of carbonyl (C=O) groups excluding carboxylic acids is 1. The second kappa shape index (κ2) is 6.98. The van der Waals surface area contributed by atoms with Gasteiger partial charge < -0.3 is 10.0 Å². The molecule has 122 valence electrons. The molecule has 1 N–H and O–H groups in total. The fraction of sp³-hybridized carbons (Fsp3) is 0.600. The minimum Gasteiger partial charge on any atom is -0.481 e. The van der Waals surface area contributed by atoms with Gasteiger partial charge in [-0.2, -0.15) is 0 Å². The Kier molecular flexibility index (Phi) is 5.47. The molecule has 2 atom stereocenters. The molecule has 1 aromatic rings. The number of carbonyl (C=O) groups is 2. The van der Waals surface area contributed by atoms with E-state index in [9.17, 15) is 9.59 Å². The summed E-state index contributed by atoms with van der Waals surface area (Å²) in [5, 5.41) is 11.1. The quantitative estimate of drug-likeness (QED) is 0.909. The average molecular weight is 345 g/mol. The highest BCUT2D eigenvalue weighted by molar-refractivity contribution is 7.10. The first-order valence-corrected chi connectivity index (χ1v) is 8.25. The molecule has 5 nitrogen and oxygen atoms in total. The minimum absolute atomic E-state index is 0. The summed E-state index contributed by atoms with van der Waals surface area (Å²) >= 11 is 1.76. The number of amides is 1. The molecule has 0 spiro atoms. The lowest BCUT2D eigenvalue weighted by molar-refractivity contribution is -0.142. The van der Waals surface area contributed by atoms with Gasteiger partial charge in [-0.15, -0.1) is 23.7 Å². The summed E-state index contributed by atoms with van der Waals surface area (Å²) in [6.45, 7) is 4.54. The molecule has 2 unspecified atom stereocenters. The number of halogens is 1. The topological polar surface area (TPSA) is 60.9 Å². The zero-order valence-electron chi connectivity index (χ0n) is 12.5. The van der Waals surface area contributed by atoms with Crippen molar-refractivity contribution in [2.75, 3.05) is 19.6 Å². The highest BCUT2D eigenvalue weighted by Gasteiger charge is 2.35. The van der Waals surface area contributed by atoms with Gasteiger partial charge in [0.25, 0.3) is 0 Å². The largest absolute Gasteiger partial charge is 0.481 e. The van der Waals surface area contributed by atoms with Crippen LogP contribution < -0.4 is 0 Å². The van der Waals surface area contributed by atoms with Crippen LogP contribution in [0.2, 0.25) is 0 Å². The van der Waals surface area contributed by atoms with Crippen molar-refractivity contribution in [1.29, 1.82) is 0 Å². The van der Waals surface area contributed by atoms with E-state index in [4.69, 9.17) is 5.11 Å². The SMILES string of the molecule is CC(C(=O)N1CCc2sccc2C1)N1CCC(C(=O)O)C1.Cl. The van der Waals surface area contributed by atoms with Gasteiger partial charge in [-0.25, -0.2) is 0 Å². The maximum absolute atomic E-state index is 12.6. The van der Waals surface area contributed by atoms with E-state index in [1.54, 1.807) is 11.3 Å². The maximum atomic E-state index is 12.6. The van der Waals surface area contributed by atoms with Crippen molar-refractivity contribution in [2.45, 2.75) is 32.4 Å². The molecule has 0 aliphatic carbocycles. The molecule has 1 saturated heterocycles. The van der Waals surface area contributed by atoms with E-state index in [0.717, 1.165) is 13.0 Å². The van der Waals surface area contributed by atoms with Gasteiger partial charge in [0.05, 0.1) is 12.0 Å². The van der Waals surface area contributed by atoms with Crippen molar-refractivity contribution >= 4 is 35.6 Å². The van der Waals surface area contributed by atoms with Crippen LogP contribution in [-0.2, 0) is 22.6 Å². The van der Waals surface area contributed by atoms with Crippen molar-refractivity contribution in [3.63, 3.8) is 0 Å². The van der Waals surface area contributed by atoms with Gasteiger partial charge in [0.15, 0.2) is 0 Å². The van der Waals surface area contributed by atoms with Crippen LogP contribution in [0.25, 0.3) is 0 Å². The van der Waals surface area contributed by atoms with Gasteiger partial charge in [-0.1, -0.05) is 0 Å². The summed E-state index contributed by atoms with van der Waals surface area (Å²) in [7, 11) is 0. The molecule has 3 rings (SSSR count). The average Bonchev–Trinajstić information content (AvgIpc) is 3.13. The van der Waals surface area contributed by atoms with Gasteiger partial charge in [-0.05, 0) is 43.3 Å². The highest BCUT2D eigenvalue weighted by atomic mass is 35.5. The molecule has 22 heavy (non-hydrogen) atoms. The maximum Gasteiger partial charge on any atom is 0.307 e. The normalized spacial score (nSPS) is 22.8. The molecule has 0 radical (unpaired) electrons. The second-order valence-electron chi connectivity index (χ2n) is 5.87. The third kappa shape index (κ3) is 3.29. The Hall–Kier alpha value is -1.11. The number of aliphatic carboxylic acids is 1. The molecule has 2 aliphatic rings. The molecular weight excluding hydrogens is 324 g/mol. The fourth-order valence-corrected chi connectivity index (χ4v) is 4.09. The Labute approximate surface area is 140 Å². The van der Waals surface area contributed by atoms with Gasteiger partial charge in [0, 0.05) is 24.5 Å². The smallest absolute Gasteiger partial charge is 0.307 e. The van der Waals surface area contributed by atoms with E-state index in [-0.39, 0.29) is 30.3 Å². The van der Waals surface area contributed by atoms with Gasteiger partial charge in [0.2, 0.25) is 5.91 Å². The van der Waals surface area contributed by atoms with Crippen LogP contribution in [0, 0.1) is 5.92 Å². The lowest BCUT2D eigenvalue weighted by Crippen LogP contribution is -2.47.